The van der Waals surface area contributed by atoms with Gasteiger partial charge < -0.3 is 14.4 Å². The first-order valence-corrected chi connectivity index (χ1v) is 19.6. The van der Waals surface area contributed by atoms with Crippen molar-refractivity contribution in [1.82, 2.24) is 4.72 Å². The Morgan fingerprint density at radius 2 is 1.42 bits per heavy atom. The van der Waals surface area contributed by atoms with Gasteiger partial charge in [0.1, 0.15) is 11.5 Å². The molecule has 0 fully saturated rings. The maximum absolute atomic E-state index is 14.9. The van der Waals surface area contributed by atoms with Crippen LogP contribution in [0, 0.1) is 13.8 Å². The van der Waals surface area contributed by atoms with Crippen LogP contribution in [-0.4, -0.2) is 33.5 Å². The molecule has 1 N–H and O–H groups in total. The van der Waals surface area contributed by atoms with Gasteiger partial charge in [0.05, 0.1) is 27.4 Å². The van der Waals surface area contributed by atoms with Crippen molar-refractivity contribution in [3.63, 3.8) is 0 Å². The molecule has 1 spiro atoms. The molecule has 0 aromatic heterocycles. The van der Waals surface area contributed by atoms with E-state index in [-0.39, 0.29) is 4.90 Å². The average Bonchev–Trinajstić information content (AvgIpc) is 3.44. The summed E-state index contributed by atoms with van der Waals surface area (Å²) in [6.07, 6.45) is 4.02. The van der Waals surface area contributed by atoms with E-state index < -0.39 is 27.6 Å². The van der Waals surface area contributed by atoms with E-state index >= 15 is 0 Å². The fourth-order valence-electron chi connectivity index (χ4n) is 7.24. The summed E-state index contributed by atoms with van der Waals surface area (Å²) in [5.74, 6) is 0.350. The smallest absolute Gasteiger partial charge is 0.340 e. The van der Waals surface area contributed by atoms with Crippen LogP contribution in [0.1, 0.15) is 77.7 Å². The summed E-state index contributed by atoms with van der Waals surface area (Å²) in [5.41, 5.74) is 3.75. The van der Waals surface area contributed by atoms with Gasteiger partial charge in [-0.25, -0.2) is 22.7 Å². The van der Waals surface area contributed by atoms with E-state index in [1.165, 1.54) is 17.0 Å². The van der Waals surface area contributed by atoms with E-state index in [4.69, 9.17) is 9.47 Å². The van der Waals surface area contributed by atoms with Crippen LogP contribution in [-0.2, 0) is 20.4 Å². The molecule has 10 heteroatoms. The molecule has 5 aromatic rings. The van der Waals surface area contributed by atoms with E-state index in [1.54, 1.807) is 42.5 Å². The van der Waals surface area contributed by atoms with Gasteiger partial charge in [-0.3, -0.25) is 4.90 Å². The van der Waals surface area contributed by atoms with Crippen molar-refractivity contribution in [3.8, 4) is 11.5 Å². The quantitative estimate of drug-likeness (QED) is 0.135. The second-order valence-corrected chi connectivity index (χ2v) is 15.3. The number of carbonyl (C=O) groups excluding carboxylic acids is 2. The number of hydrogen-bond donors (Lipinski definition) is 1. The highest BCUT2D eigenvalue weighted by Gasteiger charge is 2.55. The minimum Gasteiger partial charge on any atom is -0.456 e. The molecule has 0 aliphatic carbocycles. The lowest BCUT2D eigenvalue weighted by atomic mass is 9.76. The van der Waals surface area contributed by atoms with E-state index in [1.807, 2.05) is 68.4 Å². The van der Waals surface area contributed by atoms with Crippen LogP contribution in [0.4, 0.5) is 21.9 Å². The number of esters is 1. The molecule has 5 aromatic carbocycles. The number of aryl methyl sites for hydroxylation is 2. The SMILES string of the molecule is CCCCN(CCCC)c1ccc(C)c(N(C(=O)NS(=O)(=O)c2ccc(C)cc2)c2cccc3c2C2(OC(=O)c4ccccc42)c2ccccc2O3)c1. The number of benzene rings is 5. The summed E-state index contributed by atoms with van der Waals surface area (Å²) >= 11 is 0. The van der Waals surface area contributed by atoms with Crippen LogP contribution in [0.15, 0.2) is 114 Å². The maximum atomic E-state index is 14.9. The number of anilines is 3. The van der Waals surface area contributed by atoms with E-state index in [0.29, 0.717) is 45.1 Å². The van der Waals surface area contributed by atoms with Gasteiger partial charge in [0.25, 0.3) is 10.0 Å². The fourth-order valence-corrected chi connectivity index (χ4v) is 8.17. The van der Waals surface area contributed by atoms with Gasteiger partial charge in [-0.2, -0.15) is 0 Å². The molecular formula is C43H43N3O6S. The number of para-hydroxylation sites is 1. The summed E-state index contributed by atoms with van der Waals surface area (Å²) in [7, 11) is -4.32. The van der Waals surface area contributed by atoms with Gasteiger partial charge in [-0.1, -0.05) is 92.9 Å². The molecule has 2 aliphatic heterocycles. The third kappa shape index (κ3) is 6.41. The first kappa shape index (κ1) is 35.8. The number of carbonyl (C=O) groups is 2. The Labute approximate surface area is 311 Å². The van der Waals surface area contributed by atoms with Gasteiger partial charge in [0, 0.05) is 29.9 Å². The Balaban J connectivity index is 1.47. The number of fused-ring (bicyclic) bond motifs is 6. The Morgan fingerprint density at radius 1 is 0.755 bits per heavy atom. The molecule has 2 heterocycles. The Kier molecular flexibility index (Phi) is 9.74. The van der Waals surface area contributed by atoms with Gasteiger partial charge in [0.2, 0.25) is 0 Å². The van der Waals surface area contributed by atoms with Crippen molar-refractivity contribution >= 4 is 39.1 Å². The van der Waals surface area contributed by atoms with E-state index in [0.717, 1.165) is 55.6 Å². The molecule has 1 unspecified atom stereocenters. The molecule has 272 valence electrons. The number of urea groups is 1. The van der Waals surface area contributed by atoms with Crippen molar-refractivity contribution in [2.24, 2.45) is 0 Å². The number of sulfonamides is 1. The minimum atomic E-state index is -4.32. The van der Waals surface area contributed by atoms with Crippen LogP contribution >= 0.6 is 0 Å². The highest BCUT2D eigenvalue weighted by atomic mass is 32.2. The zero-order valence-corrected chi connectivity index (χ0v) is 31.2. The molecule has 2 aliphatic rings. The van der Waals surface area contributed by atoms with Crippen LogP contribution in [0.5, 0.6) is 11.5 Å². The maximum Gasteiger partial charge on any atom is 0.340 e. The molecule has 0 saturated heterocycles. The van der Waals surface area contributed by atoms with Crippen LogP contribution in [0.2, 0.25) is 0 Å². The van der Waals surface area contributed by atoms with Gasteiger partial charge in [-0.05, 0) is 80.8 Å². The summed E-state index contributed by atoms with van der Waals surface area (Å²) in [5, 5.41) is 0. The van der Waals surface area contributed by atoms with Gasteiger partial charge >= 0.3 is 12.0 Å². The lowest BCUT2D eigenvalue weighted by Crippen LogP contribution is -2.43. The lowest BCUT2D eigenvalue weighted by molar-refractivity contribution is 0.0226. The molecule has 1 atom stereocenters. The number of nitrogens with one attached hydrogen (secondary N) is 1. The van der Waals surface area contributed by atoms with Crippen molar-refractivity contribution in [2.75, 3.05) is 22.9 Å². The standard InChI is InChI=1S/C43H43N3O6S/c1-5-7-26-45(27-8-6-2)31-23-22-30(4)37(28-31)46(42(48)44-53(49,50)32-24-20-29(3)21-25-32)36-17-13-19-39-40(36)43(35-16-11-12-18-38(35)51-39)34-15-10-9-14-33(34)41(47)52-43/h9-25,28H,5-8,26-27H2,1-4H3,(H,44,48). The van der Waals surface area contributed by atoms with E-state index in [2.05, 4.69) is 23.5 Å². The second kappa shape index (κ2) is 14.4. The largest absolute Gasteiger partial charge is 0.456 e. The third-order valence-corrected chi connectivity index (χ3v) is 11.3. The van der Waals surface area contributed by atoms with Crippen molar-refractivity contribution in [3.05, 3.63) is 143 Å². The predicted octanol–water partition coefficient (Wildman–Crippen LogP) is 9.51. The zero-order valence-electron chi connectivity index (χ0n) is 30.4. The molecule has 2 amide bonds. The Morgan fingerprint density at radius 3 is 2.13 bits per heavy atom. The van der Waals surface area contributed by atoms with Crippen molar-refractivity contribution in [2.45, 2.75) is 63.9 Å². The lowest BCUT2D eigenvalue weighted by Gasteiger charge is -2.39. The molecule has 7 rings (SSSR count). The first-order chi connectivity index (χ1) is 25.6. The van der Waals surface area contributed by atoms with Crippen molar-refractivity contribution in [1.29, 1.82) is 0 Å². The third-order valence-electron chi connectivity index (χ3n) is 9.97. The number of ether oxygens (including phenoxy) is 2. The molecule has 0 bridgehead atoms. The first-order valence-electron chi connectivity index (χ1n) is 18.1. The average molecular weight is 730 g/mol. The molecular weight excluding hydrogens is 687 g/mol. The van der Waals surface area contributed by atoms with E-state index in [9.17, 15) is 18.0 Å². The minimum absolute atomic E-state index is 0.0466. The highest BCUT2D eigenvalue weighted by Crippen LogP contribution is 2.59. The second-order valence-electron chi connectivity index (χ2n) is 13.6. The topological polar surface area (TPSA) is 105 Å². The molecule has 53 heavy (non-hydrogen) atoms. The number of hydrogen-bond acceptors (Lipinski definition) is 7. The van der Waals surface area contributed by atoms with Crippen molar-refractivity contribution < 1.29 is 27.5 Å². The normalized spacial score (nSPS) is 15.5. The van der Waals surface area contributed by atoms with Crippen LogP contribution in [0.25, 0.3) is 0 Å². The summed E-state index contributed by atoms with van der Waals surface area (Å²) in [6.45, 7) is 9.71. The number of amides is 2. The zero-order chi connectivity index (χ0) is 37.3. The monoisotopic (exact) mass is 729 g/mol. The summed E-state index contributed by atoms with van der Waals surface area (Å²) in [6, 6.07) is 31.2. The molecule has 0 saturated carbocycles. The summed E-state index contributed by atoms with van der Waals surface area (Å²) < 4.78 is 43.1. The molecule has 9 nitrogen and oxygen atoms in total. The van der Waals surface area contributed by atoms with Crippen LogP contribution in [0.3, 0.4) is 0 Å². The van der Waals surface area contributed by atoms with Crippen LogP contribution < -0.4 is 19.3 Å². The number of rotatable bonds is 11. The Hall–Kier alpha value is -5.61. The number of nitrogens with zero attached hydrogens (tertiary/aromatic N) is 2. The number of unbranched alkanes of at least 4 members (excludes halogenated alkanes) is 2. The fraction of sp³-hybridized carbons (Fsp3) is 0.256. The Bertz CT molecular complexity index is 2300. The summed E-state index contributed by atoms with van der Waals surface area (Å²) in [4.78, 5) is 32.3. The molecule has 0 radical (unpaired) electrons. The predicted molar refractivity (Wildman–Crippen MR) is 207 cm³/mol. The van der Waals surface area contributed by atoms with Gasteiger partial charge in [0.15, 0.2) is 5.60 Å². The highest BCUT2D eigenvalue weighted by molar-refractivity contribution is 7.90. The van der Waals surface area contributed by atoms with Gasteiger partial charge in [-0.15, -0.1) is 0 Å².